The van der Waals surface area contributed by atoms with Crippen LogP contribution >= 0.6 is 24.0 Å². The van der Waals surface area contributed by atoms with Crippen LogP contribution in [0.4, 0.5) is 0 Å². The Morgan fingerprint density at radius 3 is 2.86 bits per heavy atom. The molecule has 1 aromatic heterocycles. The van der Waals surface area contributed by atoms with Crippen LogP contribution in [-0.2, 0) is 4.79 Å². The number of ether oxygens (including phenoxy) is 1. The second-order valence-corrected chi connectivity index (χ2v) is 5.27. The molecule has 0 radical (unpaired) electrons. The highest BCUT2D eigenvalue weighted by molar-refractivity contribution is 6.35. The highest BCUT2D eigenvalue weighted by Crippen LogP contribution is 2.29. The molecular weight excluding hydrogens is 325 g/mol. The number of benzene rings is 1. The summed E-state index contributed by atoms with van der Waals surface area (Å²) in [4.78, 5) is 18.2. The summed E-state index contributed by atoms with van der Waals surface area (Å²) in [5.74, 6) is 0.578. The SMILES string of the molecule is Cl.O=C(COc1ccc(Cl)c2cccnc12)N1CCNCC1. The Balaban J connectivity index is 0.00000176. The van der Waals surface area contributed by atoms with Gasteiger partial charge < -0.3 is 15.0 Å². The fourth-order valence-electron chi connectivity index (χ4n) is 2.37. The van der Waals surface area contributed by atoms with E-state index in [1.54, 1.807) is 18.3 Å². The molecule has 1 saturated heterocycles. The number of piperazine rings is 1. The van der Waals surface area contributed by atoms with Crippen molar-refractivity contribution in [2.45, 2.75) is 0 Å². The normalized spacial score (nSPS) is 14.5. The molecule has 1 N–H and O–H groups in total. The molecule has 1 fully saturated rings. The van der Waals surface area contributed by atoms with Gasteiger partial charge in [-0.1, -0.05) is 11.6 Å². The molecule has 1 amide bonds. The Morgan fingerprint density at radius 2 is 2.09 bits per heavy atom. The van der Waals surface area contributed by atoms with Crippen molar-refractivity contribution in [1.29, 1.82) is 0 Å². The number of hydrogen-bond donors (Lipinski definition) is 1. The predicted molar refractivity (Wildman–Crippen MR) is 88.9 cm³/mol. The van der Waals surface area contributed by atoms with E-state index in [9.17, 15) is 4.79 Å². The minimum absolute atomic E-state index is 0. The third-order valence-electron chi connectivity index (χ3n) is 3.50. The van der Waals surface area contributed by atoms with Crippen molar-refractivity contribution in [2.75, 3.05) is 32.8 Å². The highest BCUT2D eigenvalue weighted by atomic mass is 35.5. The van der Waals surface area contributed by atoms with E-state index < -0.39 is 0 Å². The highest BCUT2D eigenvalue weighted by Gasteiger charge is 2.17. The summed E-state index contributed by atoms with van der Waals surface area (Å²) in [5.41, 5.74) is 0.679. The molecule has 2 aromatic rings. The van der Waals surface area contributed by atoms with E-state index in [4.69, 9.17) is 16.3 Å². The maximum atomic E-state index is 12.1. The molecule has 22 heavy (non-hydrogen) atoms. The first-order valence-electron chi connectivity index (χ1n) is 6.90. The van der Waals surface area contributed by atoms with Gasteiger partial charge in [-0.25, -0.2) is 0 Å². The molecule has 0 saturated carbocycles. The van der Waals surface area contributed by atoms with Crippen molar-refractivity contribution in [3.63, 3.8) is 0 Å². The van der Waals surface area contributed by atoms with Crippen molar-refractivity contribution < 1.29 is 9.53 Å². The van der Waals surface area contributed by atoms with Crippen molar-refractivity contribution in [3.05, 3.63) is 35.5 Å². The number of fused-ring (bicyclic) bond motifs is 1. The fraction of sp³-hybridized carbons (Fsp3) is 0.333. The molecule has 3 rings (SSSR count). The maximum absolute atomic E-state index is 12.1. The fourth-order valence-corrected chi connectivity index (χ4v) is 2.59. The van der Waals surface area contributed by atoms with Crippen LogP contribution in [0.15, 0.2) is 30.5 Å². The van der Waals surface area contributed by atoms with Crippen LogP contribution in [0.2, 0.25) is 5.02 Å². The Morgan fingerprint density at radius 1 is 1.32 bits per heavy atom. The van der Waals surface area contributed by atoms with Gasteiger partial charge in [-0.15, -0.1) is 12.4 Å². The van der Waals surface area contributed by atoms with E-state index in [-0.39, 0.29) is 24.9 Å². The second kappa shape index (κ2) is 7.63. The van der Waals surface area contributed by atoms with E-state index in [0.29, 0.717) is 16.3 Å². The first-order chi connectivity index (χ1) is 10.3. The Kier molecular flexibility index (Phi) is 5.83. The summed E-state index contributed by atoms with van der Waals surface area (Å²) < 4.78 is 5.66. The third kappa shape index (κ3) is 3.61. The van der Waals surface area contributed by atoms with Gasteiger partial charge >= 0.3 is 0 Å². The molecule has 5 nitrogen and oxygen atoms in total. The summed E-state index contributed by atoms with van der Waals surface area (Å²) in [6.45, 7) is 3.13. The van der Waals surface area contributed by atoms with Crippen LogP contribution < -0.4 is 10.1 Å². The summed E-state index contributed by atoms with van der Waals surface area (Å²) in [7, 11) is 0. The lowest BCUT2D eigenvalue weighted by Crippen LogP contribution is -2.47. The van der Waals surface area contributed by atoms with Gasteiger partial charge in [-0.2, -0.15) is 0 Å². The largest absolute Gasteiger partial charge is 0.481 e. The average Bonchev–Trinajstić information content (AvgIpc) is 2.55. The van der Waals surface area contributed by atoms with Gasteiger partial charge in [0.15, 0.2) is 6.61 Å². The van der Waals surface area contributed by atoms with Crippen LogP contribution in [0.3, 0.4) is 0 Å². The lowest BCUT2D eigenvalue weighted by atomic mass is 10.2. The molecule has 0 unspecified atom stereocenters. The van der Waals surface area contributed by atoms with Crippen molar-refractivity contribution in [1.82, 2.24) is 15.2 Å². The summed E-state index contributed by atoms with van der Waals surface area (Å²) in [6.07, 6.45) is 1.68. The van der Waals surface area contributed by atoms with Gasteiger partial charge in [-0.3, -0.25) is 9.78 Å². The minimum Gasteiger partial charge on any atom is -0.481 e. The topological polar surface area (TPSA) is 54.5 Å². The lowest BCUT2D eigenvalue weighted by molar-refractivity contribution is -0.133. The van der Waals surface area contributed by atoms with Crippen molar-refractivity contribution in [3.8, 4) is 5.75 Å². The molecule has 118 valence electrons. The van der Waals surface area contributed by atoms with E-state index in [0.717, 1.165) is 31.6 Å². The maximum Gasteiger partial charge on any atom is 0.260 e. The number of halogens is 2. The molecule has 0 bridgehead atoms. The second-order valence-electron chi connectivity index (χ2n) is 4.86. The molecule has 1 aliphatic rings. The van der Waals surface area contributed by atoms with Crippen LogP contribution in [0.5, 0.6) is 5.75 Å². The van der Waals surface area contributed by atoms with E-state index >= 15 is 0 Å². The molecule has 0 aliphatic carbocycles. The zero-order valence-electron chi connectivity index (χ0n) is 11.9. The lowest BCUT2D eigenvalue weighted by Gasteiger charge is -2.27. The quantitative estimate of drug-likeness (QED) is 0.928. The van der Waals surface area contributed by atoms with Crippen molar-refractivity contribution in [2.24, 2.45) is 0 Å². The van der Waals surface area contributed by atoms with Crippen LogP contribution in [0, 0.1) is 0 Å². The monoisotopic (exact) mass is 341 g/mol. The number of nitrogens with zero attached hydrogens (tertiary/aromatic N) is 2. The standard InChI is InChI=1S/C15H16ClN3O2.ClH/c16-12-3-4-13(15-11(12)2-1-5-18-15)21-10-14(20)19-8-6-17-7-9-19;/h1-5,17H,6-10H2;1H. The Hall–Kier alpha value is -1.56. The van der Waals surface area contributed by atoms with Gasteiger partial charge in [0.2, 0.25) is 0 Å². The van der Waals surface area contributed by atoms with Crippen molar-refractivity contribution >= 4 is 40.8 Å². The smallest absolute Gasteiger partial charge is 0.260 e. The number of nitrogens with one attached hydrogen (secondary N) is 1. The van der Waals surface area contributed by atoms with E-state index in [1.165, 1.54) is 0 Å². The minimum atomic E-state index is -0.00414. The first kappa shape index (κ1) is 16.8. The summed E-state index contributed by atoms with van der Waals surface area (Å²) >= 11 is 6.14. The number of amides is 1. The Bertz CT molecular complexity index is 660. The molecular formula is C15H17Cl2N3O2. The van der Waals surface area contributed by atoms with Crippen LogP contribution in [0.25, 0.3) is 10.9 Å². The first-order valence-corrected chi connectivity index (χ1v) is 7.28. The van der Waals surface area contributed by atoms with Gasteiger partial charge in [0.05, 0.1) is 5.02 Å². The van der Waals surface area contributed by atoms with Gasteiger partial charge in [0.1, 0.15) is 11.3 Å². The van der Waals surface area contributed by atoms with E-state index in [1.807, 2.05) is 17.0 Å². The molecule has 0 spiro atoms. The molecule has 1 aliphatic heterocycles. The van der Waals surface area contributed by atoms with Gasteiger partial charge in [0, 0.05) is 37.8 Å². The molecule has 7 heteroatoms. The van der Waals surface area contributed by atoms with Crippen LogP contribution in [0.1, 0.15) is 0 Å². The average molecular weight is 342 g/mol. The molecule has 1 aromatic carbocycles. The number of pyridine rings is 1. The Labute approximate surface area is 140 Å². The van der Waals surface area contributed by atoms with Gasteiger partial charge in [-0.05, 0) is 24.3 Å². The molecule has 0 atom stereocenters. The predicted octanol–water partition coefficient (Wildman–Crippen LogP) is 2.12. The number of carbonyl (C=O) groups excluding carboxylic acids is 1. The number of carbonyl (C=O) groups is 1. The number of rotatable bonds is 3. The number of aromatic nitrogens is 1. The third-order valence-corrected chi connectivity index (χ3v) is 3.83. The summed E-state index contributed by atoms with van der Waals surface area (Å²) in [5, 5.41) is 4.66. The van der Waals surface area contributed by atoms with Gasteiger partial charge in [0.25, 0.3) is 5.91 Å². The zero-order chi connectivity index (χ0) is 14.7. The zero-order valence-corrected chi connectivity index (χ0v) is 13.5. The summed E-state index contributed by atoms with van der Waals surface area (Å²) in [6, 6.07) is 7.22. The number of hydrogen-bond acceptors (Lipinski definition) is 4. The van der Waals surface area contributed by atoms with E-state index in [2.05, 4.69) is 10.3 Å². The molecule has 2 heterocycles. The van der Waals surface area contributed by atoms with Crippen LogP contribution in [-0.4, -0.2) is 48.6 Å².